The van der Waals surface area contributed by atoms with Crippen LogP contribution in [0.5, 0.6) is 0 Å². The van der Waals surface area contributed by atoms with E-state index in [2.05, 4.69) is 17.6 Å². The minimum Gasteiger partial charge on any atom is -0.480 e. The Hall–Kier alpha value is -1.10. The Labute approximate surface area is 114 Å². The summed E-state index contributed by atoms with van der Waals surface area (Å²) in [5, 5.41) is 15.3. The summed E-state index contributed by atoms with van der Waals surface area (Å²) in [5.74, 6) is 0.460. The van der Waals surface area contributed by atoms with Gasteiger partial charge in [0.05, 0.1) is 0 Å². The molecule has 0 spiro atoms. The third-order valence-corrected chi connectivity index (χ3v) is 4.62. The van der Waals surface area contributed by atoms with Crippen LogP contribution < -0.4 is 10.6 Å². The molecule has 2 aliphatic rings. The highest BCUT2D eigenvalue weighted by molar-refractivity contribution is 5.82. The van der Waals surface area contributed by atoms with Gasteiger partial charge in [-0.25, -0.2) is 4.79 Å². The first-order valence-electron chi connectivity index (χ1n) is 7.20. The van der Waals surface area contributed by atoms with Crippen LogP contribution in [-0.4, -0.2) is 35.6 Å². The quantitative estimate of drug-likeness (QED) is 0.710. The van der Waals surface area contributed by atoms with Crippen LogP contribution in [0, 0.1) is 17.8 Å². The summed E-state index contributed by atoms with van der Waals surface area (Å²) in [6.45, 7) is 4.52. The maximum absolute atomic E-state index is 11.2. The number of carbonyl (C=O) groups is 2. The SMILES string of the molecule is CC(=O)NC(CC1CNC2CCC(C)CC12)C(=O)O. The molecule has 2 fully saturated rings. The lowest BCUT2D eigenvalue weighted by molar-refractivity contribution is -0.142. The fraction of sp³-hybridized carbons (Fsp3) is 0.857. The third-order valence-electron chi connectivity index (χ3n) is 4.62. The lowest BCUT2D eigenvalue weighted by atomic mass is 9.74. The molecular weight excluding hydrogens is 244 g/mol. The van der Waals surface area contributed by atoms with Crippen LogP contribution in [0.4, 0.5) is 0 Å². The molecule has 1 aliphatic heterocycles. The van der Waals surface area contributed by atoms with Crippen molar-refractivity contribution in [1.82, 2.24) is 10.6 Å². The van der Waals surface area contributed by atoms with E-state index in [4.69, 9.17) is 0 Å². The van der Waals surface area contributed by atoms with Gasteiger partial charge in [-0.15, -0.1) is 0 Å². The summed E-state index contributed by atoms with van der Waals surface area (Å²) in [5.41, 5.74) is 0. The predicted molar refractivity (Wildman–Crippen MR) is 71.6 cm³/mol. The summed E-state index contributed by atoms with van der Waals surface area (Å²) in [6, 6.07) is -0.201. The van der Waals surface area contributed by atoms with Crippen molar-refractivity contribution >= 4 is 11.9 Å². The molecule has 2 rings (SSSR count). The van der Waals surface area contributed by atoms with E-state index in [-0.39, 0.29) is 5.91 Å². The van der Waals surface area contributed by atoms with Crippen LogP contribution in [0.3, 0.4) is 0 Å². The largest absolute Gasteiger partial charge is 0.480 e. The summed E-state index contributed by atoms with van der Waals surface area (Å²) >= 11 is 0. The van der Waals surface area contributed by atoms with Gasteiger partial charge in [0.25, 0.3) is 0 Å². The Morgan fingerprint density at radius 3 is 2.79 bits per heavy atom. The predicted octanol–water partition coefficient (Wildman–Crippen LogP) is 0.990. The summed E-state index contributed by atoms with van der Waals surface area (Å²) < 4.78 is 0. The molecule has 1 aliphatic carbocycles. The van der Waals surface area contributed by atoms with Crippen molar-refractivity contribution in [3.8, 4) is 0 Å². The molecule has 0 radical (unpaired) electrons. The smallest absolute Gasteiger partial charge is 0.326 e. The van der Waals surface area contributed by atoms with Gasteiger partial charge in [0, 0.05) is 13.0 Å². The Kier molecular flexibility index (Phi) is 4.45. The Morgan fingerprint density at radius 2 is 2.16 bits per heavy atom. The molecule has 1 saturated carbocycles. The normalized spacial score (nSPS) is 35.5. The molecule has 108 valence electrons. The van der Waals surface area contributed by atoms with Crippen molar-refractivity contribution in [2.75, 3.05) is 6.54 Å². The molecule has 3 N–H and O–H groups in total. The number of rotatable bonds is 4. The van der Waals surface area contributed by atoms with Crippen molar-refractivity contribution in [2.24, 2.45) is 17.8 Å². The first-order valence-corrected chi connectivity index (χ1v) is 7.20. The second kappa shape index (κ2) is 5.90. The van der Waals surface area contributed by atoms with E-state index in [1.54, 1.807) is 0 Å². The molecule has 1 saturated heterocycles. The number of hydrogen-bond donors (Lipinski definition) is 3. The van der Waals surface area contributed by atoms with Gasteiger partial charge in [0.15, 0.2) is 0 Å². The Morgan fingerprint density at radius 1 is 1.42 bits per heavy atom. The molecule has 0 aromatic heterocycles. The van der Waals surface area contributed by atoms with Crippen molar-refractivity contribution in [1.29, 1.82) is 0 Å². The molecule has 5 heteroatoms. The molecule has 5 nitrogen and oxygen atoms in total. The number of carbonyl (C=O) groups excluding carboxylic acids is 1. The highest BCUT2D eigenvalue weighted by atomic mass is 16.4. The molecule has 1 heterocycles. The monoisotopic (exact) mass is 268 g/mol. The molecule has 0 bridgehead atoms. The molecule has 0 aromatic rings. The van der Waals surface area contributed by atoms with Crippen molar-refractivity contribution < 1.29 is 14.7 Å². The summed E-state index contributed by atoms with van der Waals surface area (Å²) in [4.78, 5) is 22.3. The zero-order valence-corrected chi connectivity index (χ0v) is 11.7. The van der Waals surface area contributed by atoms with Gasteiger partial charge >= 0.3 is 5.97 Å². The highest BCUT2D eigenvalue weighted by Crippen LogP contribution is 2.39. The number of aliphatic carboxylic acids is 1. The van der Waals surface area contributed by atoms with E-state index in [9.17, 15) is 14.7 Å². The number of hydrogen-bond acceptors (Lipinski definition) is 3. The molecule has 19 heavy (non-hydrogen) atoms. The lowest BCUT2D eigenvalue weighted by Crippen LogP contribution is -2.42. The second-order valence-electron chi connectivity index (χ2n) is 6.18. The maximum atomic E-state index is 11.2. The number of nitrogens with one attached hydrogen (secondary N) is 2. The van der Waals surface area contributed by atoms with Crippen LogP contribution in [0.15, 0.2) is 0 Å². The van der Waals surface area contributed by atoms with E-state index >= 15 is 0 Å². The summed E-state index contributed by atoms with van der Waals surface area (Å²) in [7, 11) is 0. The van der Waals surface area contributed by atoms with E-state index < -0.39 is 12.0 Å². The van der Waals surface area contributed by atoms with Gasteiger partial charge in [-0.05, 0) is 50.0 Å². The van der Waals surface area contributed by atoms with Crippen molar-refractivity contribution in [3.05, 3.63) is 0 Å². The number of fused-ring (bicyclic) bond motifs is 1. The fourth-order valence-corrected chi connectivity index (χ4v) is 3.68. The molecule has 0 aromatic carbocycles. The molecule has 5 unspecified atom stereocenters. The van der Waals surface area contributed by atoms with Gasteiger partial charge in [-0.1, -0.05) is 6.92 Å². The van der Waals surface area contributed by atoms with Crippen LogP contribution >= 0.6 is 0 Å². The van der Waals surface area contributed by atoms with Gasteiger partial charge in [0.2, 0.25) is 5.91 Å². The standard InChI is InChI=1S/C14H24N2O3/c1-8-3-4-12-11(5-8)10(7-15-12)6-13(14(18)19)16-9(2)17/h8,10-13,15H,3-7H2,1-2H3,(H,16,17)(H,18,19). The number of carboxylic acid groups (broad SMARTS) is 1. The Balaban J connectivity index is 1.97. The highest BCUT2D eigenvalue weighted by Gasteiger charge is 2.40. The van der Waals surface area contributed by atoms with Crippen LogP contribution in [-0.2, 0) is 9.59 Å². The lowest BCUT2D eigenvalue weighted by Gasteiger charge is -2.33. The van der Waals surface area contributed by atoms with Gasteiger partial charge in [-0.2, -0.15) is 0 Å². The van der Waals surface area contributed by atoms with Gasteiger partial charge in [-0.3, -0.25) is 4.79 Å². The molecular formula is C14H24N2O3. The topological polar surface area (TPSA) is 78.4 Å². The average Bonchev–Trinajstić information content (AvgIpc) is 2.70. The van der Waals surface area contributed by atoms with Crippen LogP contribution in [0.2, 0.25) is 0 Å². The minimum absolute atomic E-state index is 0.271. The van der Waals surface area contributed by atoms with E-state index in [1.165, 1.54) is 26.2 Å². The van der Waals surface area contributed by atoms with Crippen molar-refractivity contribution in [2.45, 2.75) is 51.6 Å². The van der Waals surface area contributed by atoms with Gasteiger partial charge in [0.1, 0.15) is 6.04 Å². The first kappa shape index (κ1) is 14.3. The third kappa shape index (κ3) is 3.47. The second-order valence-corrected chi connectivity index (χ2v) is 6.18. The number of amides is 1. The van der Waals surface area contributed by atoms with E-state index in [0.29, 0.717) is 24.3 Å². The average molecular weight is 268 g/mol. The van der Waals surface area contributed by atoms with E-state index in [0.717, 1.165) is 12.5 Å². The summed E-state index contributed by atoms with van der Waals surface area (Å²) in [6.07, 6.45) is 4.17. The maximum Gasteiger partial charge on any atom is 0.326 e. The molecule has 5 atom stereocenters. The minimum atomic E-state index is -0.928. The zero-order valence-electron chi connectivity index (χ0n) is 11.7. The first-order chi connectivity index (χ1) is 8.97. The fourth-order valence-electron chi connectivity index (χ4n) is 3.68. The Bertz CT molecular complexity index is 359. The zero-order chi connectivity index (χ0) is 14.0. The van der Waals surface area contributed by atoms with E-state index in [1.807, 2.05) is 0 Å². The van der Waals surface area contributed by atoms with Gasteiger partial charge < -0.3 is 15.7 Å². The van der Waals surface area contributed by atoms with Crippen LogP contribution in [0.25, 0.3) is 0 Å². The van der Waals surface area contributed by atoms with Crippen molar-refractivity contribution in [3.63, 3.8) is 0 Å². The van der Waals surface area contributed by atoms with Crippen LogP contribution in [0.1, 0.15) is 39.5 Å². The molecule has 1 amide bonds. The number of carboxylic acids is 1.